The van der Waals surface area contributed by atoms with Crippen LogP contribution in [0.1, 0.15) is 59.3 Å². The van der Waals surface area contributed by atoms with Gasteiger partial charge in [-0.1, -0.05) is 25.8 Å². The van der Waals surface area contributed by atoms with Crippen LogP contribution in [0.5, 0.6) is 0 Å². The summed E-state index contributed by atoms with van der Waals surface area (Å²) in [5.41, 5.74) is 0.187. The number of esters is 1. The summed E-state index contributed by atoms with van der Waals surface area (Å²) in [7, 11) is 1.43. The lowest BCUT2D eigenvalue weighted by molar-refractivity contribution is -0.178. The summed E-state index contributed by atoms with van der Waals surface area (Å²) in [6.07, 6.45) is 5.98. The van der Waals surface area contributed by atoms with Gasteiger partial charge in [-0.2, -0.15) is 0 Å². The molecule has 1 N–H and O–H groups in total. The number of allylic oxidation sites excluding steroid dienone is 1. The van der Waals surface area contributed by atoms with E-state index in [0.717, 1.165) is 37.7 Å². The molecular formula is C21H30O5. The van der Waals surface area contributed by atoms with Crippen molar-refractivity contribution in [2.45, 2.75) is 59.3 Å². The second-order valence-corrected chi connectivity index (χ2v) is 9.01. The number of carbonyl (C=O) groups excluding carboxylic acids is 2. The number of aliphatic carboxylic acids is 1. The Morgan fingerprint density at radius 1 is 1.27 bits per heavy atom. The Kier molecular flexibility index (Phi) is 4.78. The summed E-state index contributed by atoms with van der Waals surface area (Å²) < 4.78 is 5.12. The largest absolute Gasteiger partial charge is 0.478 e. The van der Waals surface area contributed by atoms with Crippen molar-refractivity contribution >= 4 is 17.7 Å². The van der Waals surface area contributed by atoms with Crippen LogP contribution in [-0.2, 0) is 19.1 Å². The number of carboxylic acid groups (broad SMARTS) is 1. The van der Waals surface area contributed by atoms with Crippen molar-refractivity contribution in [3.8, 4) is 0 Å². The monoisotopic (exact) mass is 362 g/mol. The molecule has 26 heavy (non-hydrogen) atoms. The number of rotatable bonds is 2. The first-order chi connectivity index (χ1) is 12.1. The second kappa shape index (κ2) is 6.50. The van der Waals surface area contributed by atoms with Gasteiger partial charge in [-0.3, -0.25) is 9.59 Å². The van der Waals surface area contributed by atoms with Crippen molar-refractivity contribution in [3.63, 3.8) is 0 Å². The van der Waals surface area contributed by atoms with Gasteiger partial charge in [0.15, 0.2) is 0 Å². The minimum Gasteiger partial charge on any atom is -0.478 e. The van der Waals surface area contributed by atoms with Crippen LogP contribution in [0.3, 0.4) is 0 Å². The first-order valence-electron chi connectivity index (χ1n) is 9.69. The van der Waals surface area contributed by atoms with E-state index in [1.165, 1.54) is 13.2 Å². The zero-order valence-corrected chi connectivity index (χ0v) is 16.2. The number of hydrogen-bond acceptors (Lipinski definition) is 4. The lowest BCUT2D eigenvalue weighted by Crippen LogP contribution is -2.59. The van der Waals surface area contributed by atoms with E-state index in [9.17, 15) is 14.4 Å². The highest BCUT2D eigenvalue weighted by molar-refractivity contribution is 5.86. The van der Waals surface area contributed by atoms with E-state index in [1.54, 1.807) is 0 Å². The summed E-state index contributed by atoms with van der Waals surface area (Å²) in [5.74, 6) is -0.903. The standard InChI is InChI=1S/C21H30O5/c1-12-13(10-17(23)24)6-7-14-18(12)15(22)11-16-20(14,2)8-5-9-21(16,3)19(25)26-4/h10,12,14,16,18H,5-9,11H2,1-4H3,(H,23,24)/b13-10+/t12-,14+,16-,18+,20-,21+/m1/s1. The number of methoxy groups -OCH3 is 1. The molecule has 0 heterocycles. The zero-order chi connectivity index (χ0) is 19.3. The van der Waals surface area contributed by atoms with Gasteiger partial charge in [0.1, 0.15) is 5.78 Å². The highest BCUT2D eigenvalue weighted by Crippen LogP contribution is 2.64. The van der Waals surface area contributed by atoms with Crippen LogP contribution in [0.4, 0.5) is 0 Å². The molecular weight excluding hydrogens is 332 g/mol. The van der Waals surface area contributed by atoms with Crippen molar-refractivity contribution in [1.29, 1.82) is 0 Å². The van der Waals surface area contributed by atoms with E-state index in [2.05, 4.69) is 6.92 Å². The van der Waals surface area contributed by atoms with Crippen LogP contribution in [0.25, 0.3) is 0 Å². The third kappa shape index (κ3) is 2.71. The molecule has 5 nitrogen and oxygen atoms in total. The minimum atomic E-state index is -0.937. The highest BCUT2D eigenvalue weighted by Gasteiger charge is 2.62. The van der Waals surface area contributed by atoms with E-state index in [1.807, 2.05) is 13.8 Å². The van der Waals surface area contributed by atoms with Gasteiger partial charge in [-0.25, -0.2) is 4.79 Å². The fourth-order valence-corrected chi connectivity index (χ4v) is 6.54. The van der Waals surface area contributed by atoms with E-state index in [4.69, 9.17) is 9.84 Å². The van der Waals surface area contributed by atoms with Gasteiger partial charge in [0.05, 0.1) is 12.5 Å². The van der Waals surface area contributed by atoms with Crippen molar-refractivity contribution in [3.05, 3.63) is 11.6 Å². The third-order valence-electron chi connectivity index (χ3n) is 7.86. The third-order valence-corrected chi connectivity index (χ3v) is 7.86. The second-order valence-electron chi connectivity index (χ2n) is 9.01. The fraction of sp³-hybridized carbons (Fsp3) is 0.762. The molecule has 0 spiro atoms. The van der Waals surface area contributed by atoms with E-state index in [0.29, 0.717) is 6.42 Å². The van der Waals surface area contributed by atoms with Gasteiger partial charge in [0, 0.05) is 18.4 Å². The summed E-state index contributed by atoms with van der Waals surface area (Å²) >= 11 is 0. The van der Waals surface area contributed by atoms with Crippen molar-refractivity contribution < 1.29 is 24.2 Å². The quantitative estimate of drug-likeness (QED) is 0.599. The Balaban J connectivity index is 1.99. The fourth-order valence-electron chi connectivity index (χ4n) is 6.54. The summed E-state index contributed by atoms with van der Waals surface area (Å²) in [6.45, 7) is 6.22. The lowest BCUT2D eigenvalue weighted by Gasteiger charge is -2.60. The smallest absolute Gasteiger partial charge is 0.328 e. The normalized spacial score (nSPS) is 44.2. The van der Waals surface area contributed by atoms with Crippen LogP contribution < -0.4 is 0 Å². The van der Waals surface area contributed by atoms with Crippen LogP contribution in [0.2, 0.25) is 0 Å². The van der Waals surface area contributed by atoms with Crippen molar-refractivity contribution in [2.75, 3.05) is 7.11 Å². The molecule has 0 amide bonds. The SMILES string of the molecule is COC(=O)[C@@]1(C)CCC[C@@]2(C)[C@H]1CC(=O)[C@H]1[C@H](C)/C(=C/C(=O)O)CC[C@@H]12. The van der Waals surface area contributed by atoms with E-state index >= 15 is 0 Å². The van der Waals surface area contributed by atoms with Gasteiger partial charge in [0.25, 0.3) is 0 Å². The Morgan fingerprint density at radius 3 is 2.58 bits per heavy atom. The maximum atomic E-state index is 13.1. The molecule has 3 aliphatic carbocycles. The average Bonchev–Trinajstić information content (AvgIpc) is 2.58. The minimum absolute atomic E-state index is 0.00199. The first kappa shape index (κ1) is 19.1. The number of carboxylic acids is 1. The van der Waals surface area contributed by atoms with Crippen molar-refractivity contribution in [1.82, 2.24) is 0 Å². The predicted octanol–water partition coefficient (Wildman–Crippen LogP) is 3.62. The molecule has 0 saturated heterocycles. The van der Waals surface area contributed by atoms with Crippen LogP contribution >= 0.6 is 0 Å². The molecule has 3 rings (SSSR count). The van der Waals surface area contributed by atoms with Crippen LogP contribution in [0, 0.1) is 34.5 Å². The maximum absolute atomic E-state index is 13.1. The van der Waals surface area contributed by atoms with Gasteiger partial charge in [-0.05, 0) is 55.8 Å². The Hall–Kier alpha value is -1.65. The molecule has 0 radical (unpaired) electrons. The molecule has 6 atom stereocenters. The molecule has 0 aromatic heterocycles. The highest BCUT2D eigenvalue weighted by atomic mass is 16.5. The summed E-state index contributed by atoms with van der Waals surface area (Å²) in [5, 5.41) is 9.13. The molecule has 3 fully saturated rings. The summed E-state index contributed by atoms with van der Waals surface area (Å²) in [4.78, 5) is 36.8. The number of fused-ring (bicyclic) bond motifs is 3. The molecule has 0 aliphatic heterocycles. The van der Waals surface area contributed by atoms with Gasteiger partial charge in [-0.15, -0.1) is 0 Å². The van der Waals surface area contributed by atoms with Gasteiger partial charge in [0.2, 0.25) is 0 Å². The number of ketones is 1. The first-order valence-corrected chi connectivity index (χ1v) is 9.69. The van der Waals surface area contributed by atoms with E-state index < -0.39 is 11.4 Å². The van der Waals surface area contributed by atoms with E-state index in [-0.39, 0.29) is 40.8 Å². The van der Waals surface area contributed by atoms with Crippen LogP contribution in [-0.4, -0.2) is 29.9 Å². The number of carbonyl (C=O) groups is 3. The van der Waals surface area contributed by atoms with Crippen molar-refractivity contribution in [2.24, 2.45) is 34.5 Å². The maximum Gasteiger partial charge on any atom is 0.328 e. The topological polar surface area (TPSA) is 80.7 Å². The zero-order valence-electron chi connectivity index (χ0n) is 16.2. The molecule has 0 aromatic carbocycles. The lowest BCUT2D eigenvalue weighted by atomic mass is 9.43. The molecule has 3 saturated carbocycles. The molecule has 5 heteroatoms. The molecule has 0 aromatic rings. The predicted molar refractivity (Wildman–Crippen MR) is 96.3 cm³/mol. The number of Topliss-reactive ketones (excluding diaryl/α,β-unsaturated/α-hetero) is 1. The number of hydrogen-bond donors (Lipinski definition) is 1. The molecule has 3 aliphatic rings. The Bertz CT molecular complexity index is 665. The van der Waals surface area contributed by atoms with Gasteiger partial charge < -0.3 is 9.84 Å². The van der Waals surface area contributed by atoms with Crippen LogP contribution in [0.15, 0.2) is 11.6 Å². The summed E-state index contributed by atoms with van der Waals surface area (Å²) in [6, 6.07) is 0. The van der Waals surface area contributed by atoms with Gasteiger partial charge >= 0.3 is 11.9 Å². The Morgan fingerprint density at radius 2 is 1.96 bits per heavy atom. The molecule has 144 valence electrons. The average molecular weight is 362 g/mol. The molecule has 0 bridgehead atoms. The Labute approximate surface area is 155 Å². The molecule has 0 unspecified atom stereocenters. The number of ether oxygens (including phenoxy) is 1.